The SMILES string of the molecule is CC(C)c1cccc(NC(=O)c2ccc(OC(F)F)cc2)c1. The second kappa shape index (κ2) is 7.02. The highest BCUT2D eigenvalue weighted by Crippen LogP contribution is 2.20. The van der Waals surface area contributed by atoms with Crippen molar-refractivity contribution in [3.05, 3.63) is 59.7 Å². The Bertz CT molecular complexity index is 639. The maximum atomic E-state index is 12.1. The highest BCUT2D eigenvalue weighted by atomic mass is 19.3. The summed E-state index contributed by atoms with van der Waals surface area (Å²) in [6.07, 6.45) is 0. The number of amides is 1. The summed E-state index contributed by atoms with van der Waals surface area (Å²) in [6, 6.07) is 13.2. The van der Waals surface area contributed by atoms with E-state index in [4.69, 9.17) is 0 Å². The molecule has 1 N–H and O–H groups in total. The number of carbonyl (C=O) groups is 1. The highest BCUT2D eigenvalue weighted by Gasteiger charge is 2.09. The van der Waals surface area contributed by atoms with Crippen molar-refractivity contribution in [2.24, 2.45) is 0 Å². The van der Waals surface area contributed by atoms with Gasteiger partial charge < -0.3 is 10.1 Å². The number of hydrogen-bond donors (Lipinski definition) is 1. The molecule has 0 saturated carbocycles. The first-order valence-electron chi connectivity index (χ1n) is 6.92. The van der Waals surface area contributed by atoms with E-state index in [9.17, 15) is 13.6 Å². The number of alkyl halides is 2. The van der Waals surface area contributed by atoms with Crippen molar-refractivity contribution in [3.63, 3.8) is 0 Å². The molecule has 0 spiro atoms. The van der Waals surface area contributed by atoms with Crippen LogP contribution < -0.4 is 10.1 Å². The van der Waals surface area contributed by atoms with E-state index in [1.165, 1.54) is 24.3 Å². The van der Waals surface area contributed by atoms with Gasteiger partial charge in [-0.15, -0.1) is 0 Å². The fourth-order valence-corrected chi connectivity index (χ4v) is 1.97. The van der Waals surface area contributed by atoms with E-state index in [1.54, 1.807) is 6.07 Å². The molecule has 0 aliphatic rings. The Morgan fingerprint density at radius 1 is 1.09 bits per heavy atom. The van der Waals surface area contributed by atoms with Crippen molar-refractivity contribution < 1.29 is 18.3 Å². The Morgan fingerprint density at radius 3 is 2.36 bits per heavy atom. The predicted molar refractivity (Wildman–Crippen MR) is 81.6 cm³/mol. The molecule has 2 aromatic rings. The van der Waals surface area contributed by atoms with Crippen LogP contribution in [0, 0.1) is 0 Å². The zero-order valence-electron chi connectivity index (χ0n) is 12.3. The van der Waals surface area contributed by atoms with Gasteiger partial charge in [0.1, 0.15) is 5.75 Å². The molecule has 2 rings (SSSR count). The lowest BCUT2D eigenvalue weighted by Gasteiger charge is -2.10. The van der Waals surface area contributed by atoms with Gasteiger partial charge in [-0.1, -0.05) is 26.0 Å². The first-order chi connectivity index (χ1) is 10.5. The van der Waals surface area contributed by atoms with Gasteiger partial charge >= 0.3 is 6.61 Å². The third kappa shape index (κ3) is 4.28. The van der Waals surface area contributed by atoms with Gasteiger partial charge in [0.15, 0.2) is 0 Å². The van der Waals surface area contributed by atoms with Crippen LogP contribution in [0.25, 0.3) is 0 Å². The topological polar surface area (TPSA) is 38.3 Å². The predicted octanol–water partition coefficient (Wildman–Crippen LogP) is 4.66. The van der Waals surface area contributed by atoms with Gasteiger partial charge in [-0.3, -0.25) is 4.79 Å². The molecule has 0 radical (unpaired) electrons. The van der Waals surface area contributed by atoms with Gasteiger partial charge in [-0.2, -0.15) is 8.78 Å². The van der Waals surface area contributed by atoms with Crippen LogP contribution in [0.15, 0.2) is 48.5 Å². The highest BCUT2D eigenvalue weighted by molar-refractivity contribution is 6.04. The Kier molecular flexibility index (Phi) is 5.09. The molecule has 2 aromatic carbocycles. The number of hydrogen-bond acceptors (Lipinski definition) is 2. The van der Waals surface area contributed by atoms with E-state index in [1.807, 2.05) is 18.2 Å². The molecule has 0 aliphatic heterocycles. The molecule has 0 fully saturated rings. The lowest BCUT2D eigenvalue weighted by molar-refractivity contribution is -0.0498. The van der Waals surface area contributed by atoms with Gasteiger partial charge in [0.25, 0.3) is 5.91 Å². The molecule has 0 unspecified atom stereocenters. The number of benzene rings is 2. The van der Waals surface area contributed by atoms with Crippen LogP contribution in [0.3, 0.4) is 0 Å². The van der Waals surface area contributed by atoms with Crippen LogP contribution in [-0.2, 0) is 0 Å². The van der Waals surface area contributed by atoms with Gasteiger partial charge in [0.05, 0.1) is 0 Å². The average Bonchev–Trinajstić information content (AvgIpc) is 2.47. The monoisotopic (exact) mass is 305 g/mol. The lowest BCUT2D eigenvalue weighted by Crippen LogP contribution is -2.12. The summed E-state index contributed by atoms with van der Waals surface area (Å²) < 4.78 is 28.4. The zero-order valence-corrected chi connectivity index (χ0v) is 12.3. The summed E-state index contributed by atoms with van der Waals surface area (Å²) in [5.74, 6) is 0.0838. The molecule has 0 aliphatic carbocycles. The van der Waals surface area contributed by atoms with E-state index >= 15 is 0 Å². The summed E-state index contributed by atoms with van der Waals surface area (Å²) in [5, 5.41) is 2.79. The number of ether oxygens (including phenoxy) is 1. The molecular weight excluding hydrogens is 288 g/mol. The molecule has 0 saturated heterocycles. The summed E-state index contributed by atoms with van der Waals surface area (Å²) >= 11 is 0. The van der Waals surface area contributed by atoms with E-state index in [-0.39, 0.29) is 11.7 Å². The Labute approximate surface area is 127 Å². The number of nitrogens with one attached hydrogen (secondary N) is 1. The van der Waals surface area contributed by atoms with Gasteiger partial charge in [-0.25, -0.2) is 0 Å². The van der Waals surface area contributed by atoms with Crippen molar-refractivity contribution in [1.82, 2.24) is 0 Å². The van der Waals surface area contributed by atoms with E-state index in [0.29, 0.717) is 17.2 Å². The number of halogens is 2. The smallest absolute Gasteiger partial charge is 0.387 e. The van der Waals surface area contributed by atoms with Gasteiger partial charge in [0, 0.05) is 11.3 Å². The standard InChI is InChI=1S/C17H17F2NO2/c1-11(2)13-4-3-5-14(10-13)20-16(21)12-6-8-15(9-7-12)22-17(18)19/h3-11,17H,1-2H3,(H,20,21). The fourth-order valence-electron chi connectivity index (χ4n) is 1.97. The van der Waals surface area contributed by atoms with Crippen LogP contribution in [0.4, 0.5) is 14.5 Å². The Balaban J connectivity index is 2.07. The van der Waals surface area contributed by atoms with Crippen LogP contribution in [0.1, 0.15) is 35.7 Å². The molecular formula is C17H17F2NO2. The summed E-state index contributed by atoms with van der Waals surface area (Å²) in [7, 11) is 0. The maximum absolute atomic E-state index is 12.1. The van der Waals surface area contributed by atoms with Crippen LogP contribution in [-0.4, -0.2) is 12.5 Å². The quantitative estimate of drug-likeness (QED) is 0.872. The van der Waals surface area contributed by atoms with Gasteiger partial charge in [0.2, 0.25) is 0 Å². The fraction of sp³-hybridized carbons (Fsp3) is 0.235. The van der Waals surface area contributed by atoms with Crippen molar-refractivity contribution in [2.75, 3.05) is 5.32 Å². The minimum absolute atomic E-state index is 0.0216. The average molecular weight is 305 g/mol. The molecule has 0 atom stereocenters. The second-order valence-electron chi connectivity index (χ2n) is 5.14. The van der Waals surface area contributed by atoms with Crippen LogP contribution in [0.2, 0.25) is 0 Å². The third-order valence-electron chi connectivity index (χ3n) is 3.15. The van der Waals surface area contributed by atoms with E-state index in [0.717, 1.165) is 5.56 Å². The zero-order chi connectivity index (χ0) is 16.1. The summed E-state index contributed by atoms with van der Waals surface area (Å²) in [5.41, 5.74) is 2.19. The molecule has 0 heterocycles. The largest absolute Gasteiger partial charge is 0.435 e. The number of carbonyl (C=O) groups excluding carboxylic acids is 1. The first-order valence-corrected chi connectivity index (χ1v) is 6.92. The van der Waals surface area contributed by atoms with Crippen molar-refractivity contribution in [3.8, 4) is 5.75 Å². The minimum atomic E-state index is -2.88. The second-order valence-corrected chi connectivity index (χ2v) is 5.14. The molecule has 116 valence electrons. The molecule has 3 nitrogen and oxygen atoms in total. The van der Waals surface area contributed by atoms with Crippen molar-refractivity contribution >= 4 is 11.6 Å². The molecule has 1 amide bonds. The van der Waals surface area contributed by atoms with Crippen molar-refractivity contribution in [1.29, 1.82) is 0 Å². The maximum Gasteiger partial charge on any atom is 0.387 e. The lowest BCUT2D eigenvalue weighted by atomic mass is 10.0. The number of rotatable bonds is 5. The number of anilines is 1. The first kappa shape index (κ1) is 15.9. The molecule has 0 bridgehead atoms. The van der Waals surface area contributed by atoms with Gasteiger partial charge in [-0.05, 0) is 47.9 Å². The van der Waals surface area contributed by atoms with E-state index in [2.05, 4.69) is 23.9 Å². The Morgan fingerprint density at radius 2 is 1.77 bits per heavy atom. The molecule has 5 heteroatoms. The van der Waals surface area contributed by atoms with Crippen LogP contribution >= 0.6 is 0 Å². The normalized spacial score (nSPS) is 10.8. The molecule has 0 aromatic heterocycles. The summed E-state index contributed by atoms with van der Waals surface area (Å²) in [6.45, 7) is 1.27. The minimum Gasteiger partial charge on any atom is -0.435 e. The Hall–Kier alpha value is -2.43. The van der Waals surface area contributed by atoms with Crippen molar-refractivity contribution in [2.45, 2.75) is 26.4 Å². The third-order valence-corrected chi connectivity index (χ3v) is 3.15. The molecule has 22 heavy (non-hydrogen) atoms. The van der Waals surface area contributed by atoms with Crippen LogP contribution in [0.5, 0.6) is 5.75 Å². The summed E-state index contributed by atoms with van der Waals surface area (Å²) in [4.78, 5) is 12.1. The van der Waals surface area contributed by atoms with E-state index < -0.39 is 6.61 Å².